The summed E-state index contributed by atoms with van der Waals surface area (Å²) in [6, 6.07) is 6.25. The van der Waals surface area contributed by atoms with E-state index in [0.29, 0.717) is 32.1 Å². The molecule has 0 heterocycles. The van der Waals surface area contributed by atoms with Crippen molar-refractivity contribution in [2.45, 2.75) is 6.42 Å². The highest BCUT2D eigenvalue weighted by Crippen LogP contribution is 2.22. The molecule has 0 radical (unpaired) electrons. The summed E-state index contributed by atoms with van der Waals surface area (Å²) < 4.78 is 10.1. The lowest BCUT2D eigenvalue weighted by Crippen LogP contribution is -2.08. The highest BCUT2D eigenvalue weighted by molar-refractivity contribution is 5.59. The van der Waals surface area contributed by atoms with Crippen LogP contribution in [-0.2, 0) is 9.47 Å². The van der Waals surface area contributed by atoms with Gasteiger partial charge in [-0.2, -0.15) is 5.26 Å². The van der Waals surface area contributed by atoms with Gasteiger partial charge in [0.25, 0.3) is 5.69 Å². The fourth-order valence-electron chi connectivity index (χ4n) is 1.54. The third-order valence-electron chi connectivity index (χ3n) is 2.54. The Balaban J connectivity index is 2.39. The average molecular weight is 279 g/mol. The van der Waals surface area contributed by atoms with E-state index < -0.39 is 4.92 Å². The molecule has 1 aromatic carbocycles. The molecule has 0 unspecified atom stereocenters. The Kier molecular flexibility index (Phi) is 7.03. The molecule has 1 N–H and O–H groups in total. The summed E-state index contributed by atoms with van der Waals surface area (Å²) in [6.07, 6.45) is 0.775. The SMILES string of the molecule is COCCOCCCNc1ccc(C#N)c([N+](=O)[O-])c1. The number of nitrogens with one attached hydrogen (secondary N) is 1. The van der Waals surface area contributed by atoms with E-state index in [-0.39, 0.29) is 11.3 Å². The van der Waals surface area contributed by atoms with Crippen LogP contribution >= 0.6 is 0 Å². The molecule has 0 aliphatic carbocycles. The van der Waals surface area contributed by atoms with Crippen LogP contribution in [0.2, 0.25) is 0 Å². The van der Waals surface area contributed by atoms with Crippen LogP contribution in [0.5, 0.6) is 0 Å². The van der Waals surface area contributed by atoms with Crippen molar-refractivity contribution in [3.63, 3.8) is 0 Å². The van der Waals surface area contributed by atoms with E-state index in [4.69, 9.17) is 14.7 Å². The van der Waals surface area contributed by atoms with Crippen LogP contribution in [0.3, 0.4) is 0 Å². The minimum Gasteiger partial charge on any atom is -0.385 e. The number of nitro groups is 1. The number of ether oxygens (including phenoxy) is 2. The summed E-state index contributed by atoms with van der Waals surface area (Å²) in [4.78, 5) is 10.2. The van der Waals surface area contributed by atoms with E-state index in [1.165, 1.54) is 12.1 Å². The molecule has 0 amide bonds. The Bertz CT molecular complexity index is 485. The zero-order valence-electron chi connectivity index (χ0n) is 11.3. The molecule has 20 heavy (non-hydrogen) atoms. The molecule has 0 saturated carbocycles. The number of nitrogens with zero attached hydrogens (tertiary/aromatic N) is 2. The van der Waals surface area contributed by atoms with Gasteiger partial charge in [0, 0.05) is 32.0 Å². The molecule has 0 bridgehead atoms. The Morgan fingerprint density at radius 1 is 1.40 bits per heavy atom. The number of methoxy groups -OCH3 is 1. The lowest BCUT2D eigenvalue weighted by molar-refractivity contribution is -0.385. The zero-order valence-corrected chi connectivity index (χ0v) is 11.3. The number of nitriles is 1. The smallest absolute Gasteiger partial charge is 0.289 e. The van der Waals surface area contributed by atoms with E-state index >= 15 is 0 Å². The molecule has 0 spiro atoms. The number of hydrogen-bond donors (Lipinski definition) is 1. The fourth-order valence-corrected chi connectivity index (χ4v) is 1.54. The average Bonchev–Trinajstić information content (AvgIpc) is 2.46. The highest BCUT2D eigenvalue weighted by Gasteiger charge is 2.13. The van der Waals surface area contributed by atoms with Crippen LogP contribution in [0, 0.1) is 21.4 Å². The second-order valence-electron chi connectivity index (χ2n) is 3.99. The van der Waals surface area contributed by atoms with E-state index in [0.717, 1.165) is 6.42 Å². The second-order valence-corrected chi connectivity index (χ2v) is 3.99. The molecule has 0 saturated heterocycles. The quantitative estimate of drug-likeness (QED) is 0.421. The summed E-state index contributed by atoms with van der Waals surface area (Å²) in [7, 11) is 1.61. The maximum absolute atomic E-state index is 10.8. The minimum atomic E-state index is -0.558. The summed E-state index contributed by atoms with van der Waals surface area (Å²) >= 11 is 0. The van der Waals surface area contributed by atoms with Gasteiger partial charge in [-0.1, -0.05) is 0 Å². The normalized spacial score (nSPS) is 10.0. The number of rotatable bonds is 9. The molecule has 108 valence electrons. The topological polar surface area (TPSA) is 97.4 Å². The van der Waals surface area contributed by atoms with E-state index in [2.05, 4.69) is 5.32 Å². The van der Waals surface area contributed by atoms with Crippen LogP contribution in [-0.4, -0.2) is 38.4 Å². The van der Waals surface area contributed by atoms with Crippen molar-refractivity contribution in [2.75, 3.05) is 38.8 Å². The summed E-state index contributed by atoms with van der Waals surface area (Å²) in [5, 5.41) is 22.6. The first-order valence-electron chi connectivity index (χ1n) is 6.18. The molecule has 0 aliphatic heterocycles. The largest absolute Gasteiger partial charge is 0.385 e. The lowest BCUT2D eigenvalue weighted by atomic mass is 10.2. The molecular weight excluding hydrogens is 262 g/mol. The summed E-state index contributed by atoms with van der Waals surface area (Å²) in [6.45, 7) is 2.35. The predicted octanol–water partition coefficient (Wildman–Crippen LogP) is 1.93. The molecule has 0 atom stereocenters. The maximum Gasteiger partial charge on any atom is 0.289 e. The lowest BCUT2D eigenvalue weighted by Gasteiger charge is -2.07. The fraction of sp³-hybridized carbons (Fsp3) is 0.462. The van der Waals surface area contributed by atoms with E-state index in [1.807, 2.05) is 0 Å². The number of benzene rings is 1. The van der Waals surface area contributed by atoms with E-state index in [1.54, 1.807) is 19.2 Å². The maximum atomic E-state index is 10.8. The van der Waals surface area contributed by atoms with Crippen LogP contribution in [0.25, 0.3) is 0 Å². The third kappa shape index (κ3) is 5.22. The van der Waals surface area contributed by atoms with E-state index in [9.17, 15) is 10.1 Å². The van der Waals surface area contributed by atoms with Crippen LogP contribution in [0.4, 0.5) is 11.4 Å². The van der Waals surface area contributed by atoms with Gasteiger partial charge in [-0.3, -0.25) is 10.1 Å². The second kappa shape index (κ2) is 8.85. The number of hydrogen-bond acceptors (Lipinski definition) is 6. The molecule has 1 rings (SSSR count). The van der Waals surface area contributed by atoms with Gasteiger partial charge in [-0.15, -0.1) is 0 Å². The van der Waals surface area contributed by atoms with Crippen molar-refractivity contribution in [3.8, 4) is 6.07 Å². The van der Waals surface area contributed by atoms with Crippen molar-refractivity contribution in [2.24, 2.45) is 0 Å². The zero-order chi connectivity index (χ0) is 14.8. The van der Waals surface area contributed by atoms with Crippen LogP contribution < -0.4 is 5.32 Å². The molecule has 0 aromatic heterocycles. The highest BCUT2D eigenvalue weighted by atomic mass is 16.6. The van der Waals surface area contributed by atoms with Gasteiger partial charge in [-0.25, -0.2) is 0 Å². The molecule has 7 heteroatoms. The Hall–Kier alpha value is -2.17. The van der Waals surface area contributed by atoms with Gasteiger partial charge < -0.3 is 14.8 Å². The van der Waals surface area contributed by atoms with Gasteiger partial charge in [0.05, 0.1) is 18.1 Å². The summed E-state index contributed by atoms with van der Waals surface area (Å²) in [5.74, 6) is 0. The number of nitro benzene ring substituents is 1. The van der Waals surface area contributed by atoms with Gasteiger partial charge in [0.15, 0.2) is 0 Å². The third-order valence-corrected chi connectivity index (χ3v) is 2.54. The van der Waals surface area contributed by atoms with Gasteiger partial charge in [-0.05, 0) is 18.6 Å². The standard InChI is InChI=1S/C13H17N3O4/c1-19-7-8-20-6-2-5-15-12-4-3-11(10-14)13(9-12)16(17)18/h3-4,9,15H,2,5-8H2,1H3. The Morgan fingerprint density at radius 3 is 2.85 bits per heavy atom. The van der Waals surface area contributed by atoms with Crippen LogP contribution in [0.15, 0.2) is 18.2 Å². The molecule has 0 aliphatic rings. The van der Waals surface area contributed by atoms with Gasteiger partial charge in [0.1, 0.15) is 11.6 Å². The van der Waals surface area contributed by atoms with Gasteiger partial charge >= 0.3 is 0 Å². The van der Waals surface area contributed by atoms with Crippen LogP contribution in [0.1, 0.15) is 12.0 Å². The van der Waals surface area contributed by atoms with Gasteiger partial charge in [0.2, 0.25) is 0 Å². The Morgan fingerprint density at radius 2 is 2.20 bits per heavy atom. The van der Waals surface area contributed by atoms with Crippen molar-refractivity contribution in [1.29, 1.82) is 5.26 Å². The first kappa shape index (κ1) is 15.9. The minimum absolute atomic E-state index is 0.0587. The summed E-state index contributed by atoms with van der Waals surface area (Å²) in [5.41, 5.74) is 0.491. The monoisotopic (exact) mass is 279 g/mol. The molecular formula is C13H17N3O4. The number of anilines is 1. The van der Waals surface area contributed by atoms with Crippen molar-refractivity contribution in [3.05, 3.63) is 33.9 Å². The first-order chi connectivity index (χ1) is 9.69. The van der Waals surface area contributed by atoms with Crippen molar-refractivity contribution >= 4 is 11.4 Å². The van der Waals surface area contributed by atoms with Crippen molar-refractivity contribution < 1.29 is 14.4 Å². The molecule has 7 nitrogen and oxygen atoms in total. The molecule has 1 aromatic rings. The Labute approximate surface area is 117 Å². The van der Waals surface area contributed by atoms with Crippen molar-refractivity contribution in [1.82, 2.24) is 0 Å². The first-order valence-corrected chi connectivity index (χ1v) is 6.18. The predicted molar refractivity (Wildman–Crippen MR) is 73.6 cm³/mol. The molecule has 0 fully saturated rings.